The molecule has 1 aromatic carbocycles. The summed E-state index contributed by atoms with van der Waals surface area (Å²) < 4.78 is 0. The van der Waals surface area contributed by atoms with Crippen LogP contribution in [-0.4, -0.2) is 24.2 Å². The number of carboxylic acids is 1. The first-order chi connectivity index (χ1) is 9.03. The highest BCUT2D eigenvalue weighted by atomic mass is 16.4. The number of rotatable bonds is 7. The summed E-state index contributed by atoms with van der Waals surface area (Å²) >= 11 is 0. The molecule has 19 heavy (non-hydrogen) atoms. The van der Waals surface area contributed by atoms with Crippen molar-refractivity contribution in [1.82, 2.24) is 0 Å². The Kier molecular flexibility index (Phi) is 5.87. The van der Waals surface area contributed by atoms with E-state index >= 15 is 0 Å². The quantitative estimate of drug-likeness (QED) is 0.809. The number of anilines is 1. The predicted octanol–water partition coefficient (Wildman–Crippen LogP) is 3.96. The molecule has 0 saturated carbocycles. The molecule has 0 heterocycles. The van der Waals surface area contributed by atoms with E-state index in [1.54, 1.807) is 12.1 Å². The average molecular weight is 263 g/mol. The van der Waals surface area contributed by atoms with E-state index in [1.165, 1.54) is 12.8 Å². The molecule has 0 amide bonds. The number of carboxylic acid groups (broad SMARTS) is 1. The van der Waals surface area contributed by atoms with E-state index in [0.717, 1.165) is 24.3 Å². The Morgan fingerprint density at radius 2 is 1.89 bits per heavy atom. The zero-order chi connectivity index (χ0) is 14.4. The van der Waals surface area contributed by atoms with Crippen LogP contribution in [0.2, 0.25) is 0 Å². The van der Waals surface area contributed by atoms with Gasteiger partial charge >= 0.3 is 5.97 Å². The van der Waals surface area contributed by atoms with Crippen molar-refractivity contribution in [2.75, 3.05) is 18.0 Å². The number of benzene rings is 1. The zero-order valence-corrected chi connectivity index (χ0v) is 12.4. The van der Waals surface area contributed by atoms with Crippen LogP contribution in [0.15, 0.2) is 18.2 Å². The van der Waals surface area contributed by atoms with Crippen molar-refractivity contribution in [3.05, 3.63) is 29.3 Å². The fourth-order valence-corrected chi connectivity index (χ4v) is 2.40. The molecule has 0 spiro atoms. The first-order valence-corrected chi connectivity index (χ1v) is 7.12. The van der Waals surface area contributed by atoms with Crippen LogP contribution in [0.4, 0.5) is 5.69 Å². The van der Waals surface area contributed by atoms with E-state index in [-0.39, 0.29) is 0 Å². The van der Waals surface area contributed by atoms with E-state index < -0.39 is 5.97 Å². The topological polar surface area (TPSA) is 40.5 Å². The van der Waals surface area contributed by atoms with Crippen molar-refractivity contribution in [2.45, 2.75) is 40.5 Å². The summed E-state index contributed by atoms with van der Waals surface area (Å²) in [7, 11) is 0. The molecule has 3 nitrogen and oxygen atoms in total. The molecular weight excluding hydrogens is 238 g/mol. The molecule has 0 aromatic heterocycles. The minimum absolute atomic E-state index is 0.361. The van der Waals surface area contributed by atoms with Crippen molar-refractivity contribution in [1.29, 1.82) is 0 Å². The summed E-state index contributed by atoms with van der Waals surface area (Å²) in [4.78, 5) is 13.3. The molecule has 0 aliphatic rings. The van der Waals surface area contributed by atoms with Gasteiger partial charge in [0.2, 0.25) is 0 Å². The largest absolute Gasteiger partial charge is 0.478 e. The third-order valence-electron chi connectivity index (χ3n) is 3.80. The lowest BCUT2D eigenvalue weighted by Crippen LogP contribution is -2.29. The number of hydrogen-bond acceptors (Lipinski definition) is 2. The van der Waals surface area contributed by atoms with Gasteiger partial charge < -0.3 is 10.0 Å². The lowest BCUT2D eigenvalue weighted by Gasteiger charge is -2.29. The van der Waals surface area contributed by atoms with Gasteiger partial charge in [-0.05, 0) is 43.5 Å². The van der Waals surface area contributed by atoms with Crippen LogP contribution in [-0.2, 0) is 0 Å². The third kappa shape index (κ3) is 3.98. The molecule has 0 radical (unpaired) electrons. The molecule has 106 valence electrons. The Labute approximate surface area is 116 Å². The Morgan fingerprint density at radius 1 is 1.26 bits per heavy atom. The molecule has 0 unspecified atom stereocenters. The molecule has 1 N–H and O–H groups in total. The van der Waals surface area contributed by atoms with Gasteiger partial charge in [0.05, 0.1) is 5.56 Å². The smallest absolute Gasteiger partial charge is 0.335 e. The molecule has 0 atom stereocenters. The minimum atomic E-state index is -0.863. The lowest BCUT2D eigenvalue weighted by molar-refractivity contribution is 0.0697. The van der Waals surface area contributed by atoms with Crippen LogP contribution in [0.1, 0.15) is 49.5 Å². The second-order valence-corrected chi connectivity index (χ2v) is 5.03. The zero-order valence-electron chi connectivity index (χ0n) is 12.4. The number of nitrogens with zero attached hydrogens (tertiary/aromatic N) is 1. The first-order valence-electron chi connectivity index (χ1n) is 7.12. The molecule has 0 bridgehead atoms. The normalized spacial score (nSPS) is 10.8. The number of carbonyl (C=O) groups is 1. The highest BCUT2D eigenvalue weighted by molar-refractivity contribution is 5.88. The van der Waals surface area contributed by atoms with Gasteiger partial charge in [-0.15, -0.1) is 0 Å². The maximum Gasteiger partial charge on any atom is 0.335 e. The van der Waals surface area contributed by atoms with E-state index in [9.17, 15) is 4.79 Å². The van der Waals surface area contributed by atoms with Gasteiger partial charge in [-0.3, -0.25) is 0 Å². The Hall–Kier alpha value is -1.51. The Balaban J connectivity index is 2.95. The highest BCUT2D eigenvalue weighted by Gasteiger charge is 2.14. The first kappa shape index (κ1) is 15.5. The minimum Gasteiger partial charge on any atom is -0.478 e. The summed E-state index contributed by atoms with van der Waals surface area (Å²) in [6.45, 7) is 10.6. The predicted molar refractivity (Wildman–Crippen MR) is 80.1 cm³/mol. The second-order valence-electron chi connectivity index (χ2n) is 5.03. The van der Waals surface area contributed by atoms with Crippen LogP contribution < -0.4 is 4.90 Å². The fraction of sp³-hybridized carbons (Fsp3) is 0.562. The summed E-state index contributed by atoms with van der Waals surface area (Å²) in [5, 5.41) is 9.00. The van der Waals surface area contributed by atoms with Gasteiger partial charge in [0.25, 0.3) is 0 Å². The van der Waals surface area contributed by atoms with Gasteiger partial charge in [-0.1, -0.05) is 26.7 Å². The summed E-state index contributed by atoms with van der Waals surface area (Å²) in [5.41, 5.74) is 2.55. The summed E-state index contributed by atoms with van der Waals surface area (Å²) in [5.74, 6) is -0.170. The van der Waals surface area contributed by atoms with E-state index in [4.69, 9.17) is 5.11 Å². The van der Waals surface area contributed by atoms with Gasteiger partial charge in [0, 0.05) is 18.8 Å². The Bertz CT molecular complexity index is 425. The lowest BCUT2D eigenvalue weighted by atomic mass is 10.0. The van der Waals surface area contributed by atoms with E-state index in [1.807, 2.05) is 13.0 Å². The second kappa shape index (κ2) is 7.17. The average Bonchev–Trinajstić information content (AvgIpc) is 2.41. The number of hydrogen-bond donors (Lipinski definition) is 1. The highest BCUT2D eigenvalue weighted by Crippen LogP contribution is 2.23. The third-order valence-corrected chi connectivity index (χ3v) is 3.80. The number of aryl methyl sites for hydroxylation is 1. The molecule has 3 heteroatoms. The summed E-state index contributed by atoms with van der Waals surface area (Å²) in [6.07, 6.45) is 2.36. The fourth-order valence-electron chi connectivity index (χ4n) is 2.40. The van der Waals surface area contributed by atoms with Crippen molar-refractivity contribution in [3.63, 3.8) is 0 Å². The van der Waals surface area contributed by atoms with Gasteiger partial charge in [-0.25, -0.2) is 4.79 Å². The maximum absolute atomic E-state index is 11.0. The molecule has 0 aliphatic heterocycles. The number of aromatic carboxylic acids is 1. The van der Waals surface area contributed by atoms with Crippen LogP contribution in [0.3, 0.4) is 0 Å². The molecule has 1 aromatic rings. The van der Waals surface area contributed by atoms with Crippen LogP contribution >= 0.6 is 0 Å². The monoisotopic (exact) mass is 263 g/mol. The van der Waals surface area contributed by atoms with Crippen molar-refractivity contribution >= 4 is 11.7 Å². The maximum atomic E-state index is 11.0. The summed E-state index contributed by atoms with van der Waals surface area (Å²) in [6, 6.07) is 5.39. The Morgan fingerprint density at radius 3 is 2.32 bits per heavy atom. The van der Waals surface area contributed by atoms with Gasteiger partial charge in [-0.2, -0.15) is 0 Å². The SMILES string of the molecule is CCC(CC)CN(CC)c1ccc(C(=O)O)cc1C. The molecule has 0 fully saturated rings. The standard InChI is InChI=1S/C16H25NO2/c1-5-13(6-2)11-17(7-3)15-9-8-14(16(18)19)10-12(15)4/h8-10,13H,5-7,11H2,1-4H3,(H,18,19). The molecular formula is C16H25NO2. The molecule has 0 saturated heterocycles. The van der Waals surface area contributed by atoms with Crippen molar-refractivity contribution < 1.29 is 9.90 Å². The van der Waals surface area contributed by atoms with Crippen LogP contribution in [0.5, 0.6) is 0 Å². The van der Waals surface area contributed by atoms with Crippen molar-refractivity contribution in [3.8, 4) is 0 Å². The van der Waals surface area contributed by atoms with Gasteiger partial charge in [0.1, 0.15) is 0 Å². The van der Waals surface area contributed by atoms with E-state index in [2.05, 4.69) is 25.7 Å². The molecule has 1 rings (SSSR count). The van der Waals surface area contributed by atoms with E-state index in [0.29, 0.717) is 11.5 Å². The molecule has 0 aliphatic carbocycles. The van der Waals surface area contributed by atoms with Crippen molar-refractivity contribution in [2.24, 2.45) is 5.92 Å². The van der Waals surface area contributed by atoms with Gasteiger partial charge in [0.15, 0.2) is 0 Å². The van der Waals surface area contributed by atoms with Crippen LogP contribution in [0, 0.1) is 12.8 Å². The van der Waals surface area contributed by atoms with Crippen LogP contribution in [0.25, 0.3) is 0 Å².